The maximum absolute atomic E-state index is 12.2. The van der Waals surface area contributed by atoms with Crippen LogP contribution >= 0.6 is 0 Å². The van der Waals surface area contributed by atoms with Gasteiger partial charge in [0.05, 0.1) is 12.9 Å². The van der Waals surface area contributed by atoms with Crippen molar-refractivity contribution >= 4 is 0 Å². The molecule has 0 atom stereocenters. The van der Waals surface area contributed by atoms with Crippen LogP contribution < -0.4 is 0 Å². The van der Waals surface area contributed by atoms with E-state index in [1.807, 2.05) is 0 Å². The summed E-state index contributed by atoms with van der Waals surface area (Å²) in [7, 11) is 0. The van der Waals surface area contributed by atoms with Gasteiger partial charge in [0.25, 0.3) is 0 Å². The number of hydrogen-bond acceptors (Lipinski definition) is 3. The SMILES string of the molecule is CC(C)(CN=O)Cn1cnc(C(F)(F)F)c1. The quantitative estimate of drug-likeness (QED) is 0.753. The molecule has 0 unspecified atom stereocenters. The third-order valence-electron chi connectivity index (χ3n) is 2.03. The molecule has 0 amide bonds. The summed E-state index contributed by atoms with van der Waals surface area (Å²) in [6.45, 7) is 3.82. The minimum atomic E-state index is -4.43. The molecule has 0 aliphatic rings. The van der Waals surface area contributed by atoms with E-state index in [2.05, 4.69) is 10.2 Å². The van der Waals surface area contributed by atoms with Crippen molar-refractivity contribution in [3.05, 3.63) is 23.1 Å². The van der Waals surface area contributed by atoms with Crippen molar-refractivity contribution < 1.29 is 13.2 Å². The lowest BCUT2D eigenvalue weighted by molar-refractivity contribution is -0.141. The summed E-state index contributed by atoms with van der Waals surface area (Å²) in [4.78, 5) is 13.4. The molecule has 1 heterocycles. The van der Waals surface area contributed by atoms with Gasteiger partial charge in [-0.2, -0.15) is 18.1 Å². The number of rotatable bonds is 4. The van der Waals surface area contributed by atoms with Gasteiger partial charge >= 0.3 is 6.18 Å². The first kappa shape index (κ1) is 12.7. The average Bonchev–Trinajstić information content (AvgIpc) is 2.50. The van der Waals surface area contributed by atoms with Crippen molar-refractivity contribution in [2.75, 3.05) is 6.54 Å². The number of aromatic nitrogens is 2. The molecule has 0 N–H and O–H groups in total. The fourth-order valence-electron chi connectivity index (χ4n) is 1.31. The zero-order valence-electron chi connectivity index (χ0n) is 8.95. The highest BCUT2D eigenvalue weighted by molar-refractivity contribution is 5.01. The van der Waals surface area contributed by atoms with Crippen LogP contribution in [0.1, 0.15) is 19.5 Å². The van der Waals surface area contributed by atoms with E-state index in [4.69, 9.17) is 0 Å². The van der Waals surface area contributed by atoms with Crippen LogP contribution in [0.25, 0.3) is 0 Å². The molecule has 90 valence electrons. The zero-order valence-corrected chi connectivity index (χ0v) is 8.95. The predicted octanol–water partition coefficient (Wildman–Crippen LogP) is 2.69. The fourth-order valence-corrected chi connectivity index (χ4v) is 1.31. The Morgan fingerprint density at radius 3 is 2.50 bits per heavy atom. The summed E-state index contributed by atoms with van der Waals surface area (Å²) in [5, 5.41) is 2.75. The summed E-state index contributed by atoms with van der Waals surface area (Å²) in [5.74, 6) is 0. The van der Waals surface area contributed by atoms with Gasteiger partial charge in [-0.15, -0.1) is 0 Å². The van der Waals surface area contributed by atoms with Crippen LogP contribution in [0, 0.1) is 10.3 Å². The van der Waals surface area contributed by atoms with Crippen molar-refractivity contribution in [3.8, 4) is 0 Å². The topological polar surface area (TPSA) is 47.2 Å². The Labute approximate surface area is 90.5 Å². The number of alkyl halides is 3. The molecule has 0 fully saturated rings. The molecular weight excluding hydrogens is 223 g/mol. The number of nitrogens with zero attached hydrogens (tertiary/aromatic N) is 3. The zero-order chi connectivity index (χ0) is 12.4. The monoisotopic (exact) mass is 235 g/mol. The van der Waals surface area contributed by atoms with Gasteiger partial charge < -0.3 is 4.57 Å². The van der Waals surface area contributed by atoms with Crippen LogP contribution in [0.3, 0.4) is 0 Å². The maximum Gasteiger partial charge on any atom is 0.434 e. The molecule has 0 aliphatic heterocycles. The summed E-state index contributed by atoms with van der Waals surface area (Å²) >= 11 is 0. The maximum atomic E-state index is 12.2. The molecule has 0 aromatic carbocycles. The van der Waals surface area contributed by atoms with Crippen molar-refractivity contribution in [1.82, 2.24) is 9.55 Å². The average molecular weight is 235 g/mol. The van der Waals surface area contributed by atoms with Crippen LogP contribution in [-0.2, 0) is 12.7 Å². The summed E-state index contributed by atoms with van der Waals surface area (Å²) in [5.41, 5.74) is -1.41. The molecule has 1 aromatic heterocycles. The smallest absolute Gasteiger partial charge is 0.336 e. The second kappa shape index (κ2) is 4.23. The molecular formula is C9H12F3N3O. The summed E-state index contributed by atoms with van der Waals surface area (Å²) in [6, 6.07) is 0. The molecule has 0 radical (unpaired) electrons. The highest BCUT2D eigenvalue weighted by atomic mass is 19.4. The highest BCUT2D eigenvalue weighted by Gasteiger charge is 2.33. The lowest BCUT2D eigenvalue weighted by Crippen LogP contribution is -2.22. The van der Waals surface area contributed by atoms with Crippen LogP contribution in [0.5, 0.6) is 0 Å². The molecule has 1 aromatic rings. The predicted molar refractivity (Wildman–Crippen MR) is 51.7 cm³/mol. The molecule has 0 bridgehead atoms. The van der Waals surface area contributed by atoms with E-state index in [0.717, 1.165) is 12.5 Å². The number of nitroso groups, excluding NO2 is 1. The van der Waals surface area contributed by atoms with Gasteiger partial charge in [-0.3, -0.25) is 0 Å². The Hall–Kier alpha value is -1.40. The van der Waals surface area contributed by atoms with Crippen molar-refractivity contribution in [2.24, 2.45) is 10.6 Å². The molecule has 4 nitrogen and oxygen atoms in total. The van der Waals surface area contributed by atoms with Crippen LogP contribution in [0.2, 0.25) is 0 Å². The standard InChI is InChI=1S/C9H12F3N3O/c1-8(2,4-14-16)5-15-3-7(13-6-15)9(10,11)12/h3,6H,4-5H2,1-2H3. The van der Waals surface area contributed by atoms with Gasteiger partial charge in [-0.05, 0) is 0 Å². The number of hydrogen-bond donors (Lipinski definition) is 0. The van der Waals surface area contributed by atoms with Crippen LogP contribution in [0.4, 0.5) is 13.2 Å². The molecule has 1 rings (SSSR count). The van der Waals surface area contributed by atoms with Gasteiger partial charge in [-0.25, -0.2) is 4.98 Å². The molecule has 0 spiro atoms. The highest BCUT2D eigenvalue weighted by Crippen LogP contribution is 2.28. The van der Waals surface area contributed by atoms with Crippen molar-refractivity contribution in [2.45, 2.75) is 26.6 Å². The lowest BCUT2D eigenvalue weighted by atomic mass is 9.94. The molecule has 7 heteroatoms. The summed E-state index contributed by atoms with van der Waals surface area (Å²) < 4.78 is 38.0. The number of imidazole rings is 1. The van der Waals surface area contributed by atoms with E-state index in [-0.39, 0.29) is 13.1 Å². The Bertz CT molecular complexity index is 370. The van der Waals surface area contributed by atoms with E-state index in [1.165, 1.54) is 4.57 Å². The van der Waals surface area contributed by atoms with E-state index in [9.17, 15) is 18.1 Å². The number of halogens is 3. The largest absolute Gasteiger partial charge is 0.434 e. The van der Waals surface area contributed by atoms with Gasteiger partial charge in [0.2, 0.25) is 0 Å². The molecule has 0 saturated carbocycles. The second-order valence-corrected chi connectivity index (χ2v) is 4.38. The third-order valence-corrected chi connectivity index (χ3v) is 2.03. The van der Waals surface area contributed by atoms with Gasteiger partial charge in [-0.1, -0.05) is 19.0 Å². The van der Waals surface area contributed by atoms with Gasteiger partial charge in [0.1, 0.15) is 0 Å². The summed E-state index contributed by atoms with van der Waals surface area (Å²) in [6.07, 6.45) is -2.40. The van der Waals surface area contributed by atoms with E-state index in [1.54, 1.807) is 13.8 Å². The first-order valence-corrected chi connectivity index (χ1v) is 4.63. The van der Waals surface area contributed by atoms with E-state index >= 15 is 0 Å². The van der Waals surface area contributed by atoms with E-state index in [0.29, 0.717) is 0 Å². The van der Waals surface area contributed by atoms with Gasteiger partial charge in [0.15, 0.2) is 5.69 Å². The Balaban J connectivity index is 2.76. The lowest BCUT2D eigenvalue weighted by Gasteiger charge is -2.20. The van der Waals surface area contributed by atoms with Crippen LogP contribution in [0.15, 0.2) is 17.7 Å². The molecule has 0 aliphatic carbocycles. The fraction of sp³-hybridized carbons (Fsp3) is 0.667. The molecule has 0 saturated heterocycles. The first-order valence-electron chi connectivity index (χ1n) is 4.63. The second-order valence-electron chi connectivity index (χ2n) is 4.38. The van der Waals surface area contributed by atoms with Crippen LogP contribution in [-0.4, -0.2) is 16.1 Å². The van der Waals surface area contributed by atoms with Crippen molar-refractivity contribution in [1.29, 1.82) is 0 Å². The Morgan fingerprint density at radius 2 is 2.06 bits per heavy atom. The first-order chi connectivity index (χ1) is 7.24. The Kier molecular flexibility index (Phi) is 3.35. The normalized spacial score (nSPS) is 12.8. The van der Waals surface area contributed by atoms with Crippen molar-refractivity contribution in [3.63, 3.8) is 0 Å². The van der Waals surface area contributed by atoms with Gasteiger partial charge in [0, 0.05) is 18.2 Å². The minimum absolute atomic E-state index is 0.0481. The molecule has 16 heavy (non-hydrogen) atoms. The Morgan fingerprint density at radius 1 is 1.44 bits per heavy atom. The van der Waals surface area contributed by atoms with E-state index < -0.39 is 17.3 Å². The third kappa shape index (κ3) is 3.32. The minimum Gasteiger partial charge on any atom is -0.336 e.